The van der Waals surface area contributed by atoms with E-state index in [-0.39, 0.29) is 60.1 Å². The van der Waals surface area contributed by atoms with E-state index in [0.29, 0.717) is 0 Å². The van der Waals surface area contributed by atoms with Gasteiger partial charge in [-0.05, 0) is 50.3 Å². The summed E-state index contributed by atoms with van der Waals surface area (Å²) < 4.78 is 14.8. The molecule has 0 saturated heterocycles. The van der Waals surface area contributed by atoms with Gasteiger partial charge in [-0.1, -0.05) is 31.4 Å². The fraction of sp³-hybridized carbons (Fsp3) is 0.520. The number of hydrogen-bond donors (Lipinski definition) is 2. The number of benzene rings is 1. The molecule has 1 atom stereocenters. The highest BCUT2D eigenvalue weighted by Crippen LogP contribution is 2.39. The molecule has 2 fully saturated rings. The zero-order valence-corrected chi connectivity index (χ0v) is 19.3. The molecule has 9 heteroatoms. The molecule has 0 bridgehead atoms. The van der Waals surface area contributed by atoms with Gasteiger partial charge in [-0.3, -0.25) is 14.4 Å². The molecule has 2 aromatic rings. The first-order valence-corrected chi connectivity index (χ1v) is 12.1. The largest absolute Gasteiger partial charge is 0.350 e. The van der Waals surface area contributed by atoms with Crippen LogP contribution in [0.25, 0.3) is 0 Å². The number of fused-ring (bicyclic) bond motifs is 1. The van der Waals surface area contributed by atoms with Crippen molar-refractivity contribution in [3.8, 4) is 0 Å². The molecule has 180 valence electrons. The lowest BCUT2D eigenvalue weighted by atomic mass is 9.93. The second-order valence-corrected chi connectivity index (χ2v) is 9.87. The highest BCUT2D eigenvalue weighted by atomic mass is 19.1. The molecule has 2 saturated carbocycles. The first kappa shape index (κ1) is 22.6. The van der Waals surface area contributed by atoms with E-state index < -0.39 is 5.54 Å². The summed E-state index contributed by atoms with van der Waals surface area (Å²) >= 11 is 0. The van der Waals surface area contributed by atoms with E-state index in [0.717, 1.165) is 44.1 Å². The predicted octanol–water partition coefficient (Wildman–Crippen LogP) is 2.78. The Balaban J connectivity index is 1.37. The third kappa shape index (κ3) is 4.19. The minimum atomic E-state index is -1.12. The van der Waals surface area contributed by atoms with Gasteiger partial charge >= 0.3 is 0 Å². The van der Waals surface area contributed by atoms with Gasteiger partial charge in [-0.25, -0.2) is 9.37 Å². The predicted molar refractivity (Wildman–Crippen MR) is 122 cm³/mol. The molecule has 2 aliphatic carbocycles. The van der Waals surface area contributed by atoms with Gasteiger partial charge in [-0.15, -0.1) is 0 Å². The lowest BCUT2D eigenvalue weighted by Gasteiger charge is -2.44. The van der Waals surface area contributed by atoms with Crippen LogP contribution < -0.4 is 10.6 Å². The lowest BCUT2D eigenvalue weighted by molar-refractivity contribution is -0.133. The van der Waals surface area contributed by atoms with E-state index in [2.05, 4.69) is 15.6 Å². The van der Waals surface area contributed by atoms with Gasteiger partial charge in [0.05, 0.1) is 12.9 Å². The van der Waals surface area contributed by atoms with E-state index in [1.165, 1.54) is 24.9 Å². The molecule has 8 nitrogen and oxygen atoms in total. The van der Waals surface area contributed by atoms with Crippen LogP contribution in [0.15, 0.2) is 30.6 Å². The maximum absolute atomic E-state index is 13.7. The zero-order chi connectivity index (χ0) is 23.9. The molecule has 3 aliphatic rings. The summed E-state index contributed by atoms with van der Waals surface area (Å²) in [5, 5.41) is 5.95. The van der Waals surface area contributed by atoms with Crippen LogP contribution >= 0.6 is 0 Å². The summed E-state index contributed by atoms with van der Waals surface area (Å²) in [4.78, 5) is 46.0. The van der Waals surface area contributed by atoms with E-state index in [9.17, 15) is 18.8 Å². The van der Waals surface area contributed by atoms with Crippen molar-refractivity contribution in [1.82, 2.24) is 25.1 Å². The molecule has 34 heavy (non-hydrogen) atoms. The molecule has 1 aromatic heterocycles. The monoisotopic (exact) mass is 467 g/mol. The number of amides is 3. The number of hydrogen-bond acceptors (Lipinski definition) is 4. The normalized spacial score (nSPS) is 22.9. The Kier molecular flexibility index (Phi) is 5.87. The van der Waals surface area contributed by atoms with Crippen LogP contribution in [0.4, 0.5) is 4.39 Å². The second kappa shape index (κ2) is 8.85. The SMILES string of the molecule is CC1(C(=O)NCc2ccc(F)cc2)Cn2cnc(C(=O)NC3CCCCC3)c2C(=O)N1C1CC1. The molecule has 5 rings (SSSR count). The molecular formula is C25H30FN5O3. The average Bonchev–Trinajstić information content (AvgIpc) is 3.56. The molecule has 0 radical (unpaired) electrons. The Hall–Kier alpha value is -3.23. The molecule has 2 heterocycles. The van der Waals surface area contributed by atoms with Gasteiger partial charge in [0.2, 0.25) is 5.91 Å². The van der Waals surface area contributed by atoms with Crippen LogP contribution in [0.5, 0.6) is 0 Å². The van der Waals surface area contributed by atoms with Crippen molar-refractivity contribution in [2.45, 2.75) is 82.6 Å². The van der Waals surface area contributed by atoms with E-state index in [1.54, 1.807) is 28.5 Å². The lowest BCUT2D eigenvalue weighted by Crippen LogP contribution is -2.64. The van der Waals surface area contributed by atoms with Crippen LogP contribution in [0.3, 0.4) is 0 Å². The highest BCUT2D eigenvalue weighted by molar-refractivity contribution is 6.07. The van der Waals surface area contributed by atoms with Gasteiger partial charge in [0.1, 0.15) is 17.1 Å². The topological polar surface area (TPSA) is 96.3 Å². The van der Waals surface area contributed by atoms with E-state index >= 15 is 0 Å². The molecule has 3 amide bonds. The fourth-order valence-electron chi connectivity index (χ4n) is 5.20. The molecular weight excluding hydrogens is 437 g/mol. The van der Waals surface area contributed by atoms with Crippen LogP contribution in [0.2, 0.25) is 0 Å². The van der Waals surface area contributed by atoms with Crippen molar-refractivity contribution in [2.24, 2.45) is 0 Å². The summed E-state index contributed by atoms with van der Waals surface area (Å²) in [5.74, 6) is -1.28. The molecule has 0 spiro atoms. The van der Waals surface area contributed by atoms with Gasteiger partial charge in [0.25, 0.3) is 11.8 Å². The number of rotatable bonds is 6. The number of imidazole rings is 1. The van der Waals surface area contributed by atoms with E-state index in [1.807, 2.05) is 0 Å². The van der Waals surface area contributed by atoms with Gasteiger partial charge in [0, 0.05) is 18.6 Å². The van der Waals surface area contributed by atoms with Crippen molar-refractivity contribution in [3.63, 3.8) is 0 Å². The van der Waals surface area contributed by atoms with Crippen LogP contribution in [-0.2, 0) is 17.9 Å². The summed E-state index contributed by atoms with van der Waals surface area (Å²) in [7, 11) is 0. The Bertz CT molecular complexity index is 1100. The smallest absolute Gasteiger partial charge is 0.274 e. The van der Waals surface area contributed by atoms with Gasteiger partial charge in [0.15, 0.2) is 5.69 Å². The van der Waals surface area contributed by atoms with Crippen LogP contribution in [-0.4, -0.2) is 49.8 Å². The summed E-state index contributed by atoms with van der Waals surface area (Å²) in [6.45, 7) is 2.20. The molecule has 2 N–H and O–H groups in total. The standard InChI is InChI=1S/C25H30FN5O3/c1-25(24(34)27-13-16-7-9-17(26)10-8-16)14-30-15-28-20(21(30)23(33)31(25)19-11-12-19)22(32)29-18-5-3-2-4-6-18/h7-10,15,18-19H,2-6,11-14H2,1H3,(H,27,34)(H,29,32). The summed E-state index contributed by atoms with van der Waals surface area (Å²) in [6, 6.07) is 6.01. The number of aromatic nitrogens is 2. The number of nitrogens with zero attached hydrogens (tertiary/aromatic N) is 3. The Morgan fingerprint density at radius 3 is 2.50 bits per heavy atom. The minimum Gasteiger partial charge on any atom is -0.350 e. The Labute approximate surface area is 197 Å². The van der Waals surface area contributed by atoms with Gasteiger partial charge < -0.3 is 20.1 Å². The zero-order valence-electron chi connectivity index (χ0n) is 19.3. The number of carbonyl (C=O) groups is 3. The summed E-state index contributed by atoms with van der Waals surface area (Å²) in [5.41, 5.74) is 0.0331. The molecule has 1 aromatic carbocycles. The summed E-state index contributed by atoms with van der Waals surface area (Å²) in [6.07, 6.45) is 8.38. The van der Waals surface area contributed by atoms with E-state index in [4.69, 9.17) is 0 Å². The van der Waals surface area contributed by atoms with Crippen molar-refractivity contribution in [1.29, 1.82) is 0 Å². The van der Waals surface area contributed by atoms with Crippen molar-refractivity contribution < 1.29 is 18.8 Å². The minimum absolute atomic E-state index is 0.0352. The Morgan fingerprint density at radius 2 is 1.82 bits per heavy atom. The quantitative estimate of drug-likeness (QED) is 0.683. The van der Waals surface area contributed by atoms with Crippen LogP contribution in [0, 0.1) is 5.82 Å². The van der Waals surface area contributed by atoms with Crippen molar-refractivity contribution >= 4 is 17.7 Å². The second-order valence-electron chi connectivity index (χ2n) is 9.87. The van der Waals surface area contributed by atoms with Crippen LogP contribution in [0.1, 0.15) is 78.4 Å². The van der Waals surface area contributed by atoms with Crippen molar-refractivity contribution in [3.05, 3.63) is 53.4 Å². The number of carbonyl (C=O) groups excluding carboxylic acids is 3. The Morgan fingerprint density at radius 1 is 1.12 bits per heavy atom. The first-order chi connectivity index (χ1) is 16.4. The molecule has 1 unspecified atom stereocenters. The van der Waals surface area contributed by atoms with Crippen molar-refractivity contribution in [2.75, 3.05) is 0 Å². The average molecular weight is 468 g/mol. The maximum Gasteiger partial charge on any atom is 0.274 e. The highest BCUT2D eigenvalue weighted by Gasteiger charge is 2.53. The maximum atomic E-state index is 13.7. The number of nitrogens with one attached hydrogen (secondary N) is 2. The fourth-order valence-corrected chi connectivity index (χ4v) is 5.20. The first-order valence-electron chi connectivity index (χ1n) is 12.1. The third-order valence-corrected chi connectivity index (χ3v) is 7.19. The van der Waals surface area contributed by atoms with Gasteiger partial charge in [-0.2, -0.15) is 0 Å². The molecule has 1 aliphatic heterocycles. The third-order valence-electron chi connectivity index (χ3n) is 7.19. The number of halogens is 1.